The Morgan fingerprint density at radius 2 is 1.58 bits per heavy atom. The molecule has 2 atom stereocenters. The number of benzene rings is 5. The van der Waals surface area contributed by atoms with E-state index in [0.29, 0.717) is 34.9 Å². The molecule has 2 fully saturated rings. The van der Waals surface area contributed by atoms with Crippen molar-refractivity contribution in [3.63, 3.8) is 0 Å². The van der Waals surface area contributed by atoms with Crippen LogP contribution >= 0.6 is 0 Å². The van der Waals surface area contributed by atoms with Crippen LogP contribution in [0.25, 0.3) is 10.9 Å². The Labute approximate surface area is 398 Å². The molecule has 1 unspecified atom stereocenters. The number of aliphatic hydroxyl groups is 2. The molecule has 15 nitrogen and oxygen atoms in total. The number of pyridine rings is 1. The minimum Gasteiger partial charge on any atom is -0.506 e. The number of carbonyl (C=O) groups excluding carboxylic acids is 3. The normalized spacial score (nSPS) is 17.5. The Hall–Kier alpha value is -7.11. The summed E-state index contributed by atoms with van der Waals surface area (Å²) in [6.07, 6.45) is 1.49. The van der Waals surface area contributed by atoms with E-state index in [1.54, 1.807) is 60.7 Å². The number of esters is 1. The molecule has 7 N–H and O–H groups in total. The fraction of sp³-hybridized carbons (Fsp3) is 0.321. The SMILES string of the molecule is COc1c(CNC[C@H](O)c2ccc(O)c3[nH]c(=O)ccc23)ccc(C(=O)NC2CC(NC(=O)COc3cccc(C(O)(C(=O)OCC4CCN(Cc5ccccc5)CC4)c4ccccc4)c3)C2)c1F. The van der Waals surface area contributed by atoms with Gasteiger partial charge in [0.2, 0.25) is 11.2 Å². The number of methoxy groups -OCH3 is 1. The van der Waals surface area contributed by atoms with Crippen molar-refractivity contribution in [2.45, 2.75) is 62.6 Å². The number of ether oxygens (including phenoxy) is 3. The van der Waals surface area contributed by atoms with Gasteiger partial charge in [-0.15, -0.1) is 0 Å². The van der Waals surface area contributed by atoms with Crippen LogP contribution in [-0.2, 0) is 33.0 Å². The number of hydrogen-bond acceptors (Lipinski definition) is 12. The van der Waals surface area contributed by atoms with Gasteiger partial charge in [-0.1, -0.05) is 84.9 Å². The summed E-state index contributed by atoms with van der Waals surface area (Å²) >= 11 is 0. The molecule has 1 aliphatic carbocycles. The van der Waals surface area contributed by atoms with Gasteiger partial charge in [-0.25, -0.2) is 9.18 Å². The van der Waals surface area contributed by atoms with Crippen molar-refractivity contribution < 1.29 is 48.3 Å². The van der Waals surface area contributed by atoms with Crippen LogP contribution in [0.5, 0.6) is 17.2 Å². The van der Waals surface area contributed by atoms with Crippen molar-refractivity contribution in [3.05, 3.63) is 171 Å². The fourth-order valence-corrected chi connectivity index (χ4v) is 9.01. The molecule has 6 aromatic rings. The van der Waals surface area contributed by atoms with Gasteiger partial charge in [0.05, 0.1) is 30.9 Å². The monoisotopic (exact) mass is 941 g/mol. The lowest BCUT2D eigenvalue weighted by Gasteiger charge is -2.36. The first-order valence-corrected chi connectivity index (χ1v) is 23.0. The molecule has 1 saturated carbocycles. The number of nitrogens with one attached hydrogen (secondary N) is 4. The van der Waals surface area contributed by atoms with E-state index in [9.17, 15) is 34.5 Å². The molecule has 360 valence electrons. The number of phenolic OH excluding ortho intramolecular Hbond substituents is 1. The second kappa shape index (κ2) is 21.9. The molecule has 1 aliphatic heterocycles. The quantitative estimate of drug-likeness (QED) is 0.0513. The number of fused-ring (bicyclic) bond motifs is 1. The van der Waals surface area contributed by atoms with Crippen LogP contribution in [0.3, 0.4) is 0 Å². The van der Waals surface area contributed by atoms with Crippen LogP contribution in [0.2, 0.25) is 0 Å². The molecule has 2 heterocycles. The summed E-state index contributed by atoms with van der Waals surface area (Å²) in [6.45, 7) is 2.58. The maximum absolute atomic E-state index is 15.7. The lowest BCUT2D eigenvalue weighted by atomic mass is 9.86. The van der Waals surface area contributed by atoms with Gasteiger partial charge in [0.25, 0.3) is 11.8 Å². The average Bonchev–Trinajstić information content (AvgIpc) is 3.35. The van der Waals surface area contributed by atoms with Crippen LogP contribution < -0.4 is 31.0 Å². The highest BCUT2D eigenvalue weighted by molar-refractivity contribution is 5.95. The summed E-state index contributed by atoms with van der Waals surface area (Å²) < 4.78 is 32.7. The standard InChI is InChI=1S/C53H56FN5O10/c1-67-50-35(28-55-29-45(61)41-17-19-44(60)49-42(41)18-20-46(62)58-49)15-16-43(48(50)54)51(64)57-39-26-38(27-39)56-47(63)32-68-40-14-8-13-37(25-40)53(66,36-11-6-3-7-12-36)52(65)69-31-34-21-23-59(24-22-34)30-33-9-4-2-5-10-33/h2-20,25,34,38-39,45,55,60-61,66H,21-24,26-32H2,1H3,(H,56,63)(H,57,64)(H,58,62)/t38?,39?,45-,53?/m0/s1. The zero-order valence-electron chi connectivity index (χ0n) is 38.2. The number of amides is 2. The summed E-state index contributed by atoms with van der Waals surface area (Å²) in [5.74, 6) is -2.55. The van der Waals surface area contributed by atoms with Crippen molar-refractivity contribution in [1.29, 1.82) is 0 Å². The summed E-state index contributed by atoms with van der Waals surface area (Å²) in [5.41, 5.74) is 0.143. The zero-order chi connectivity index (χ0) is 48.5. The number of aromatic hydroxyl groups is 1. The maximum Gasteiger partial charge on any atom is 0.347 e. The van der Waals surface area contributed by atoms with Crippen LogP contribution in [-0.4, -0.2) is 95.0 Å². The predicted molar refractivity (Wildman–Crippen MR) is 255 cm³/mol. The van der Waals surface area contributed by atoms with E-state index < -0.39 is 40.9 Å². The molecule has 1 saturated heterocycles. The minimum absolute atomic E-state index is 0.0402. The molecular formula is C53H56FN5O10. The van der Waals surface area contributed by atoms with E-state index >= 15 is 4.39 Å². The fourth-order valence-electron chi connectivity index (χ4n) is 9.01. The third-order valence-electron chi connectivity index (χ3n) is 12.9. The topological polar surface area (TPSA) is 212 Å². The van der Waals surface area contributed by atoms with Gasteiger partial charge in [0.1, 0.15) is 11.5 Å². The highest BCUT2D eigenvalue weighted by Gasteiger charge is 2.42. The Kier molecular flexibility index (Phi) is 15.3. The number of rotatable bonds is 19. The van der Waals surface area contributed by atoms with Gasteiger partial charge in [-0.2, -0.15) is 0 Å². The first-order chi connectivity index (χ1) is 33.4. The zero-order valence-corrected chi connectivity index (χ0v) is 38.2. The predicted octanol–water partition coefficient (Wildman–Crippen LogP) is 5.35. The lowest BCUT2D eigenvalue weighted by molar-refractivity contribution is -0.164. The van der Waals surface area contributed by atoms with Gasteiger partial charge in [0, 0.05) is 54.3 Å². The molecule has 0 radical (unpaired) electrons. The smallest absolute Gasteiger partial charge is 0.347 e. The summed E-state index contributed by atoms with van der Waals surface area (Å²) in [4.78, 5) is 56.8. The second-order valence-corrected chi connectivity index (χ2v) is 17.7. The van der Waals surface area contributed by atoms with E-state index in [0.717, 1.165) is 32.5 Å². The van der Waals surface area contributed by atoms with E-state index in [1.807, 2.05) is 18.2 Å². The van der Waals surface area contributed by atoms with Crippen molar-refractivity contribution in [2.24, 2.45) is 5.92 Å². The maximum atomic E-state index is 15.7. The number of carbonyl (C=O) groups is 3. The lowest BCUT2D eigenvalue weighted by Crippen LogP contribution is -2.54. The molecule has 0 bridgehead atoms. The van der Waals surface area contributed by atoms with Crippen LogP contribution in [0, 0.1) is 11.7 Å². The second-order valence-electron chi connectivity index (χ2n) is 17.7. The number of piperidine rings is 1. The summed E-state index contributed by atoms with van der Waals surface area (Å²) in [5, 5.41) is 42.5. The number of aromatic amines is 1. The minimum atomic E-state index is -2.14. The van der Waals surface area contributed by atoms with Crippen LogP contribution in [0.1, 0.15) is 70.0 Å². The van der Waals surface area contributed by atoms with E-state index in [4.69, 9.17) is 14.2 Å². The molecule has 8 rings (SSSR count). The number of halogens is 1. The van der Waals surface area contributed by atoms with Gasteiger partial charge >= 0.3 is 5.97 Å². The molecule has 5 aromatic carbocycles. The number of hydrogen-bond donors (Lipinski definition) is 7. The van der Waals surface area contributed by atoms with Gasteiger partial charge in [0.15, 0.2) is 18.2 Å². The average molecular weight is 942 g/mol. The largest absolute Gasteiger partial charge is 0.506 e. The van der Waals surface area contributed by atoms with E-state index in [1.165, 1.54) is 43.0 Å². The van der Waals surface area contributed by atoms with Gasteiger partial charge in [-0.3, -0.25) is 19.3 Å². The van der Waals surface area contributed by atoms with Crippen LogP contribution in [0.15, 0.2) is 126 Å². The molecule has 0 spiro atoms. The molecule has 2 amide bonds. The van der Waals surface area contributed by atoms with Gasteiger partial charge < -0.3 is 50.5 Å². The first kappa shape index (κ1) is 48.4. The number of H-pyrrole nitrogens is 1. The molecular weight excluding hydrogens is 886 g/mol. The van der Waals surface area contributed by atoms with E-state index in [-0.39, 0.29) is 78.2 Å². The number of aromatic nitrogens is 1. The van der Waals surface area contributed by atoms with Crippen LogP contribution in [0.4, 0.5) is 4.39 Å². The highest BCUT2D eigenvalue weighted by Crippen LogP contribution is 2.35. The highest BCUT2D eigenvalue weighted by atomic mass is 19.1. The summed E-state index contributed by atoms with van der Waals surface area (Å²) in [7, 11) is 1.29. The van der Waals surface area contributed by atoms with Gasteiger partial charge in [-0.05, 0) is 91.7 Å². The third-order valence-corrected chi connectivity index (χ3v) is 12.9. The molecule has 1 aromatic heterocycles. The van der Waals surface area contributed by atoms with Crippen molar-refractivity contribution in [3.8, 4) is 17.2 Å². The summed E-state index contributed by atoms with van der Waals surface area (Å²) in [6, 6.07) is 33.3. The van der Waals surface area contributed by atoms with Crippen molar-refractivity contribution >= 4 is 28.7 Å². The first-order valence-electron chi connectivity index (χ1n) is 23.0. The molecule has 16 heteroatoms. The Morgan fingerprint density at radius 1 is 0.870 bits per heavy atom. The van der Waals surface area contributed by atoms with Crippen molar-refractivity contribution in [2.75, 3.05) is 40.0 Å². The number of likely N-dealkylation sites (tertiary alicyclic amines) is 1. The Balaban J connectivity index is 0.793. The molecule has 2 aliphatic rings. The number of aliphatic hydroxyl groups excluding tert-OH is 1. The van der Waals surface area contributed by atoms with E-state index in [2.05, 4.69) is 38.0 Å². The Bertz CT molecular complexity index is 2820. The molecule has 69 heavy (non-hydrogen) atoms. The number of phenols is 1. The Morgan fingerprint density at radius 3 is 2.32 bits per heavy atom. The van der Waals surface area contributed by atoms with Crippen molar-refractivity contribution in [1.82, 2.24) is 25.8 Å². The third kappa shape index (κ3) is 11.4. The number of nitrogens with zero attached hydrogens (tertiary/aromatic N) is 1.